The molecule has 0 radical (unpaired) electrons. The standard InChI is InChI=1S/C46H78N2O2S2/c1-45(2,3)29-17-21-33(22-18-29)51-37-27-25-35(47-31-13-9-7-10-14-31)39-41(37)43(49)40-36(48-32-15-11-8-12-16-32)26-28-38(42(40)44(39)50)52-34-23-19-30(20-24-34)46(4,5)6/h29-42,47-48H,7-28H2,1-6H3. The number of Topliss-reactive ketones (excluding diaryl/α,β-unsaturated/α-hetero) is 2. The first kappa shape index (κ1) is 40.2. The second kappa shape index (κ2) is 17.2. The number of carbonyl (C=O) groups excluding carboxylic acids is 2. The maximum absolute atomic E-state index is 15.6. The Bertz CT molecular complexity index is 1090. The smallest absolute Gasteiger partial charge is 0.143 e. The molecule has 7 fully saturated rings. The minimum atomic E-state index is -0.124. The lowest BCUT2D eigenvalue weighted by Crippen LogP contribution is -2.67. The summed E-state index contributed by atoms with van der Waals surface area (Å²) in [4.78, 5) is 31.2. The highest BCUT2D eigenvalue weighted by atomic mass is 32.2. The predicted molar refractivity (Wildman–Crippen MR) is 223 cm³/mol. The zero-order valence-electron chi connectivity index (χ0n) is 34.3. The van der Waals surface area contributed by atoms with Gasteiger partial charge in [0.25, 0.3) is 0 Å². The van der Waals surface area contributed by atoms with Gasteiger partial charge in [-0.05, 0) is 125 Å². The second-order valence-corrected chi connectivity index (χ2v) is 24.4. The summed E-state index contributed by atoms with van der Waals surface area (Å²) >= 11 is 4.35. The summed E-state index contributed by atoms with van der Waals surface area (Å²) in [6.45, 7) is 14.5. The van der Waals surface area contributed by atoms with Crippen LogP contribution >= 0.6 is 23.5 Å². The molecule has 0 aromatic heterocycles. The van der Waals surface area contributed by atoms with Crippen LogP contribution in [0.15, 0.2) is 0 Å². The van der Waals surface area contributed by atoms with Crippen molar-refractivity contribution in [3.05, 3.63) is 0 Å². The lowest BCUT2D eigenvalue weighted by atomic mass is 9.55. The maximum atomic E-state index is 15.6. The summed E-state index contributed by atoms with van der Waals surface area (Å²) in [7, 11) is 0. The fourth-order valence-corrected chi connectivity index (χ4v) is 16.3. The largest absolute Gasteiger partial charge is 0.310 e. The molecule has 0 spiro atoms. The Balaban J connectivity index is 1.15. The number of ketones is 2. The third kappa shape index (κ3) is 9.22. The van der Waals surface area contributed by atoms with Crippen LogP contribution in [0.25, 0.3) is 0 Å². The molecular weight excluding hydrogens is 677 g/mol. The lowest BCUT2D eigenvalue weighted by molar-refractivity contribution is -0.153. The van der Waals surface area contributed by atoms with Gasteiger partial charge in [-0.25, -0.2) is 0 Å². The highest BCUT2D eigenvalue weighted by Gasteiger charge is 2.61. The number of nitrogens with one attached hydrogen (secondary N) is 2. The molecule has 4 nitrogen and oxygen atoms in total. The van der Waals surface area contributed by atoms with Gasteiger partial charge in [-0.2, -0.15) is 23.5 Å². The Morgan fingerprint density at radius 1 is 0.423 bits per heavy atom. The average molecular weight is 755 g/mol. The van der Waals surface area contributed by atoms with Crippen LogP contribution in [-0.4, -0.2) is 56.7 Å². The Labute approximate surface area is 328 Å². The molecule has 0 aromatic rings. The fourth-order valence-electron chi connectivity index (χ4n) is 12.7. The molecule has 0 saturated heterocycles. The van der Waals surface area contributed by atoms with E-state index in [1.165, 1.54) is 116 Å². The van der Waals surface area contributed by atoms with Gasteiger partial charge in [-0.3, -0.25) is 9.59 Å². The number of hydrogen-bond donors (Lipinski definition) is 2. The van der Waals surface area contributed by atoms with Crippen molar-refractivity contribution < 1.29 is 9.59 Å². The number of hydrogen-bond acceptors (Lipinski definition) is 6. The quantitative estimate of drug-likeness (QED) is 0.257. The summed E-state index contributed by atoms with van der Waals surface area (Å²) in [6, 6.07) is 1.40. The van der Waals surface area contributed by atoms with E-state index in [2.05, 4.69) is 75.7 Å². The molecule has 8 unspecified atom stereocenters. The topological polar surface area (TPSA) is 58.2 Å². The second-order valence-electron chi connectivity index (χ2n) is 21.3. The normalized spacial score (nSPS) is 41.7. The highest BCUT2D eigenvalue weighted by Crippen LogP contribution is 2.55. The number of rotatable bonds is 8. The van der Waals surface area contributed by atoms with Crippen LogP contribution < -0.4 is 10.6 Å². The van der Waals surface area contributed by atoms with Crippen molar-refractivity contribution in [1.29, 1.82) is 0 Å². The van der Waals surface area contributed by atoms with Gasteiger partial charge in [0.2, 0.25) is 0 Å². The van der Waals surface area contributed by atoms with E-state index in [4.69, 9.17) is 0 Å². The molecule has 7 aliphatic carbocycles. The monoisotopic (exact) mass is 755 g/mol. The van der Waals surface area contributed by atoms with E-state index in [-0.39, 0.29) is 35.8 Å². The first-order valence-corrected chi connectivity index (χ1v) is 24.7. The molecule has 52 heavy (non-hydrogen) atoms. The van der Waals surface area contributed by atoms with E-state index in [1.807, 2.05) is 0 Å². The van der Waals surface area contributed by atoms with E-state index in [0.717, 1.165) is 37.5 Å². The maximum Gasteiger partial charge on any atom is 0.143 e. The highest BCUT2D eigenvalue weighted by molar-refractivity contribution is 8.00. The van der Waals surface area contributed by atoms with E-state index in [1.54, 1.807) is 0 Å². The van der Waals surface area contributed by atoms with Gasteiger partial charge >= 0.3 is 0 Å². The summed E-state index contributed by atoms with van der Waals surface area (Å²) in [6.07, 6.45) is 27.6. The minimum absolute atomic E-state index is 0.101. The molecule has 0 amide bonds. The summed E-state index contributed by atoms with van der Waals surface area (Å²) in [5.41, 5.74) is 0.762. The number of fused-ring (bicyclic) bond motifs is 2. The van der Waals surface area contributed by atoms with Gasteiger partial charge in [0, 0.05) is 68.8 Å². The Morgan fingerprint density at radius 3 is 1.10 bits per heavy atom. The predicted octanol–water partition coefficient (Wildman–Crippen LogP) is 11.2. The van der Waals surface area contributed by atoms with Crippen LogP contribution in [-0.2, 0) is 9.59 Å². The van der Waals surface area contributed by atoms with Crippen LogP contribution in [0.1, 0.15) is 183 Å². The van der Waals surface area contributed by atoms with Gasteiger partial charge in [0.15, 0.2) is 0 Å². The Kier molecular flexibility index (Phi) is 13.3. The van der Waals surface area contributed by atoms with E-state index >= 15 is 9.59 Å². The first-order valence-electron chi connectivity index (χ1n) is 22.8. The average Bonchev–Trinajstić information content (AvgIpc) is 3.12. The summed E-state index contributed by atoms with van der Waals surface area (Å²) < 4.78 is 0. The van der Waals surface area contributed by atoms with E-state index in [9.17, 15) is 0 Å². The van der Waals surface area contributed by atoms with Crippen molar-refractivity contribution >= 4 is 35.1 Å². The fraction of sp³-hybridized carbons (Fsp3) is 0.957. The third-order valence-corrected chi connectivity index (χ3v) is 19.4. The summed E-state index contributed by atoms with van der Waals surface area (Å²) in [5, 5.41) is 10.2. The van der Waals surface area contributed by atoms with Crippen molar-refractivity contribution in [2.45, 2.75) is 228 Å². The molecule has 7 saturated carbocycles. The molecule has 2 N–H and O–H groups in total. The van der Waals surface area contributed by atoms with Gasteiger partial charge in [0.1, 0.15) is 11.6 Å². The van der Waals surface area contributed by atoms with Crippen LogP contribution in [0.3, 0.4) is 0 Å². The molecule has 0 bridgehead atoms. The molecule has 6 heteroatoms. The molecular formula is C46H78N2O2S2. The molecule has 7 aliphatic rings. The van der Waals surface area contributed by atoms with Crippen molar-refractivity contribution in [2.24, 2.45) is 46.3 Å². The van der Waals surface area contributed by atoms with Crippen LogP contribution in [0.2, 0.25) is 0 Å². The molecule has 0 aromatic carbocycles. The first-order chi connectivity index (χ1) is 24.9. The van der Waals surface area contributed by atoms with Gasteiger partial charge in [-0.1, -0.05) is 80.1 Å². The Hall–Kier alpha value is -0.0400. The molecule has 7 rings (SSSR count). The van der Waals surface area contributed by atoms with Gasteiger partial charge in [-0.15, -0.1) is 0 Å². The molecule has 0 heterocycles. The van der Waals surface area contributed by atoms with Crippen LogP contribution in [0.5, 0.6) is 0 Å². The van der Waals surface area contributed by atoms with Gasteiger partial charge < -0.3 is 10.6 Å². The van der Waals surface area contributed by atoms with Crippen molar-refractivity contribution in [3.8, 4) is 0 Å². The minimum Gasteiger partial charge on any atom is -0.310 e. The van der Waals surface area contributed by atoms with Crippen LogP contribution in [0.4, 0.5) is 0 Å². The summed E-state index contributed by atoms with van der Waals surface area (Å²) in [5.74, 6) is 2.19. The zero-order chi connectivity index (χ0) is 36.6. The van der Waals surface area contributed by atoms with E-state index in [0.29, 0.717) is 55.5 Å². The SMILES string of the molecule is CC(C)(C)C1CCC(SC2CCC(NC3CCCCC3)C3C(=O)C4C(SC5CCC(C(C)(C)C)CC5)CCC(NC5CCCCC5)C4C(=O)C23)CC1. The van der Waals surface area contributed by atoms with Gasteiger partial charge in [0.05, 0.1) is 0 Å². The lowest BCUT2D eigenvalue weighted by Gasteiger charge is -2.54. The number of carbonyl (C=O) groups is 2. The Morgan fingerprint density at radius 2 is 0.769 bits per heavy atom. The van der Waals surface area contributed by atoms with Crippen molar-refractivity contribution in [3.63, 3.8) is 0 Å². The zero-order valence-corrected chi connectivity index (χ0v) is 35.9. The van der Waals surface area contributed by atoms with Crippen LogP contribution in [0, 0.1) is 46.3 Å². The number of thioether (sulfide) groups is 2. The third-order valence-electron chi connectivity index (χ3n) is 15.9. The molecule has 8 atom stereocenters. The molecule has 0 aliphatic heterocycles. The van der Waals surface area contributed by atoms with Crippen molar-refractivity contribution in [1.82, 2.24) is 10.6 Å². The van der Waals surface area contributed by atoms with E-state index < -0.39 is 0 Å². The molecule has 296 valence electrons. The van der Waals surface area contributed by atoms with Crippen molar-refractivity contribution in [2.75, 3.05) is 0 Å².